The first-order chi connectivity index (χ1) is 9.19. The number of nitrogens with zero attached hydrogens (tertiary/aromatic N) is 2. The highest BCUT2D eigenvalue weighted by molar-refractivity contribution is 7.14. The third kappa shape index (κ3) is 3.75. The Morgan fingerprint density at radius 3 is 2.95 bits per heavy atom. The molecule has 0 aliphatic rings. The van der Waals surface area contributed by atoms with E-state index in [2.05, 4.69) is 20.6 Å². The Balaban J connectivity index is 2.03. The molecule has 0 saturated heterocycles. The Hall–Kier alpha value is -1.95. The van der Waals surface area contributed by atoms with E-state index in [1.54, 1.807) is 5.38 Å². The minimum absolute atomic E-state index is 0.136. The van der Waals surface area contributed by atoms with E-state index in [1.807, 2.05) is 32.0 Å². The largest absolute Gasteiger partial charge is 0.351 e. The Kier molecular flexibility index (Phi) is 4.46. The first-order valence-electron chi connectivity index (χ1n) is 6.13. The second-order valence-corrected chi connectivity index (χ2v) is 4.94. The van der Waals surface area contributed by atoms with Crippen LogP contribution in [-0.2, 0) is 0 Å². The van der Waals surface area contributed by atoms with Crippen molar-refractivity contribution in [3.63, 3.8) is 0 Å². The fourth-order valence-electron chi connectivity index (χ4n) is 1.49. The fourth-order valence-corrected chi connectivity index (χ4v) is 2.18. The van der Waals surface area contributed by atoms with Gasteiger partial charge in [-0.2, -0.15) is 0 Å². The van der Waals surface area contributed by atoms with Crippen molar-refractivity contribution in [2.24, 2.45) is 0 Å². The molecule has 2 aromatic heterocycles. The molecule has 5 nitrogen and oxygen atoms in total. The quantitative estimate of drug-likeness (QED) is 0.881. The third-order valence-electron chi connectivity index (χ3n) is 2.40. The Bertz CT molecular complexity index is 567. The zero-order valence-corrected chi connectivity index (χ0v) is 11.8. The van der Waals surface area contributed by atoms with Crippen molar-refractivity contribution in [2.75, 3.05) is 11.9 Å². The van der Waals surface area contributed by atoms with Gasteiger partial charge in [0.1, 0.15) is 11.5 Å². The summed E-state index contributed by atoms with van der Waals surface area (Å²) in [5.41, 5.74) is 1.37. The van der Waals surface area contributed by atoms with Crippen LogP contribution in [0, 0.1) is 6.92 Å². The number of aromatic nitrogens is 2. The van der Waals surface area contributed by atoms with E-state index in [1.165, 1.54) is 11.3 Å². The van der Waals surface area contributed by atoms with Crippen LogP contribution in [0.5, 0.6) is 0 Å². The number of rotatable bonds is 5. The van der Waals surface area contributed by atoms with Crippen LogP contribution in [0.1, 0.15) is 29.5 Å². The molecule has 100 valence electrons. The van der Waals surface area contributed by atoms with Crippen LogP contribution in [-0.4, -0.2) is 22.4 Å². The molecular formula is C13H16N4OS. The molecule has 1 amide bonds. The second-order valence-electron chi connectivity index (χ2n) is 4.08. The van der Waals surface area contributed by atoms with Gasteiger partial charge >= 0.3 is 0 Å². The van der Waals surface area contributed by atoms with Gasteiger partial charge in [0, 0.05) is 17.6 Å². The van der Waals surface area contributed by atoms with Crippen LogP contribution < -0.4 is 10.6 Å². The molecule has 2 heterocycles. The van der Waals surface area contributed by atoms with Gasteiger partial charge in [-0.3, -0.25) is 4.79 Å². The summed E-state index contributed by atoms with van der Waals surface area (Å²) in [7, 11) is 0. The van der Waals surface area contributed by atoms with E-state index in [4.69, 9.17) is 0 Å². The van der Waals surface area contributed by atoms with Crippen LogP contribution in [0.25, 0.3) is 0 Å². The highest BCUT2D eigenvalue weighted by Crippen LogP contribution is 2.19. The van der Waals surface area contributed by atoms with Gasteiger partial charge in [0.2, 0.25) is 0 Å². The summed E-state index contributed by atoms with van der Waals surface area (Å²) < 4.78 is 0. The van der Waals surface area contributed by atoms with Crippen molar-refractivity contribution in [2.45, 2.75) is 20.3 Å². The lowest BCUT2D eigenvalue weighted by atomic mass is 10.4. The first kappa shape index (κ1) is 13.5. The van der Waals surface area contributed by atoms with Crippen LogP contribution in [0.4, 0.5) is 10.9 Å². The first-order valence-corrected chi connectivity index (χ1v) is 7.01. The number of carbonyl (C=O) groups is 1. The minimum atomic E-state index is -0.136. The molecule has 6 heteroatoms. The topological polar surface area (TPSA) is 66.9 Å². The van der Waals surface area contributed by atoms with Gasteiger partial charge in [-0.05, 0) is 25.5 Å². The highest BCUT2D eigenvalue weighted by atomic mass is 32.1. The molecule has 0 bridgehead atoms. The lowest BCUT2D eigenvalue weighted by Crippen LogP contribution is -2.24. The van der Waals surface area contributed by atoms with Gasteiger partial charge in [0.15, 0.2) is 5.13 Å². The molecule has 19 heavy (non-hydrogen) atoms. The molecule has 0 fully saturated rings. The highest BCUT2D eigenvalue weighted by Gasteiger charge is 2.10. The molecule has 0 saturated carbocycles. The number of amides is 1. The average molecular weight is 276 g/mol. The minimum Gasteiger partial charge on any atom is -0.351 e. The van der Waals surface area contributed by atoms with Gasteiger partial charge < -0.3 is 10.6 Å². The van der Waals surface area contributed by atoms with Gasteiger partial charge in [0.25, 0.3) is 5.91 Å². The number of aryl methyl sites for hydroxylation is 1. The van der Waals surface area contributed by atoms with Crippen molar-refractivity contribution in [3.05, 3.63) is 35.0 Å². The summed E-state index contributed by atoms with van der Waals surface area (Å²) in [6, 6.07) is 5.72. The number of hydrogen-bond donors (Lipinski definition) is 2. The normalized spacial score (nSPS) is 10.2. The number of anilines is 2. The van der Waals surface area contributed by atoms with Gasteiger partial charge in [0.05, 0.1) is 0 Å². The standard InChI is InChI=1S/C13H16N4OS/c1-3-7-14-12(18)10-8-19-13(16-10)17-11-6-4-5-9(2)15-11/h4-6,8H,3,7H2,1-2H3,(H,14,18)(H,15,16,17). The molecule has 0 aliphatic carbocycles. The van der Waals surface area contributed by atoms with Gasteiger partial charge in [-0.1, -0.05) is 13.0 Å². The van der Waals surface area contributed by atoms with Crippen molar-refractivity contribution in [1.29, 1.82) is 0 Å². The monoisotopic (exact) mass is 276 g/mol. The summed E-state index contributed by atoms with van der Waals surface area (Å²) >= 11 is 1.39. The lowest BCUT2D eigenvalue weighted by Gasteiger charge is -2.02. The Morgan fingerprint density at radius 2 is 2.21 bits per heavy atom. The second kappa shape index (κ2) is 6.29. The van der Waals surface area contributed by atoms with E-state index in [-0.39, 0.29) is 5.91 Å². The van der Waals surface area contributed by atoms with Crippen molar-refractivity contribution < 1.29 is 4.79 Å². The maximum atomic E-state index is 11.7. The fraction of sp³-hybridized carbons (Fsp3) is 0.308. The predicted molar refractivity (Wildman–Crippen MR) is 77.0 cm³/mol. The molecule has 2 aromatic rings. The van der Waals surface area contributed by atoms with Gasteiger partial charge in [-0.25, -0.2) is 9.97 Å². The van der Waals surface area contributed by atoms with Crippen LogP contribution >= 0.6 is 11.3 Å². The number of nitrogens with one attached hydrogen (secondary N) is 2. The molecule has 0 radical (unpaired) electrons. The SMILES string of the molecule is CCCNC(=O)c1csc(Nc2cccc(C)n2)n1. The molecular weight excluding hydrogens is 260 g/mol. The summed E-state index contributed by atoms with van der Waals surface area (Å²) in [4.78, 5) is 20.3. The van der Waals surface area contributed by atoms with Crippen molar-refractivity contribution >= 4 is 28.2 Å². The number of pyridine rings is 1. The summed E-state index contributed by atoms with van der Waals surface area (Å²) in [5, 5.41) is 8.29. The molecule has 0 spiro atoms. The maximum Gasteiger partial charge on any atom is 0.270 e. The van der Waals surface area contributed by atoms with E-state index < -0.39 is 0 Å². The smallest absolute Gasteiger partial charge is 0.270 e. The maximum absolute atomic E-state index is 11.7. The predicted octanol–water partition coefficient (Wildman–Crippen LogP) is 2.73. The molecule has 0 aliphatic heterocycles. The zero-order valence-electron chi connectivity index (χ0n) is 10.9. The molecule has 2 rings (SSSR count). The lowest BCUT2D eigenvalue weighted by molar-refractivity contribution is 0.0949. The van der Waals surface area contributed by atoms with Crippen LogP contribution in [0.2, 0.25) is 0 Å². The summed E-state index contributed by atoms with van der Waals surface area (Å²) in [6.45, 7) is 4.60. The molecule has 0 unspecified atom stereocenters. The molecule has 2 N–H and O–H groups in total. The summed E-state index contributed by atoms with van der Waals surface area (Å²) in [5.74, 6) is 0.596. The summed E-state index contributed by atoms with van der Waals surface area (Å²) in [6.07, 6.45) is 0.911. The van der Waals surface area contributed by atoms with E-state index >= 15 is 0 Å². The molecule has 0 aromatic carbocycles. The average Bonchev–Trinajstić information content (AvgIpc) is 2.84. The van der Waals surface area contributed by atoms with Crippen molar-refractivity contribution in [3.8, 4) is 0 Å². The number of thiazole rings is 1. The Morgan fingerprint density at radius 1 is 1.37 bits per heavy atom. The number of hydrogen-bond acceptors (Lipinski definition) is 5. The van der Waals surface area contributed by atoms with Crippen LogP contribution in [0.15, 0.2) is 23.6 Å². The van der Waals surface area contributed by atoms with E-state index in [9.17, 15) is 4.79 Å². The molecule has 0 atom stereocenters. The van der Waals surface area contributed by atoms with Crippen LogP contribution in [0.3, 0.4) is 0 Å². The third-order valence-corrected chi connectivity index (χ3v) is 3.15. The van der Waals surface area contributed by atoms with E-state index in [0.29, 0.717) is 17.4 Å². The zero-order chi connectivity index (χ0) is 13.7. The van der Waals surface area contributed by atoms with E-state index in [0.717, 1.165) is 17.9 Å². The Labute approximate surface area is 116 Å². The van der Waals surface area contributed by atoms with Gasteiger partial charge in [-0.15, -0.1) is 11.3 Å². The number of carbonyl (C=O) groups excluding carboxylic acids is 1. The van der Waals surface area contributed by atoms with Crippen molar-refractivity contribution in [1.82, 2.24) is 15.3 Å².